The smallest absolute Gasteiger partial charge is 0.237 e. The van der Waals surface area contributed by atoms with Crippen LogP contribution in [0.4, 0.5) is 5.69 Å². The fraction of sp³-hybridized carbons (Fsp3) is 0.417. The fourth-order valence-corrected chi connectivity index (χ4v) is 3.45. The van der Waals surface area contributed by atoms with Gasteiger partial charge in [0.25, 0.3) is 0 Å². The topological polar surface area (TPSA) is 54.5 Å². The van der Waals surface area contributed by atoms with Crippen molar-refractivity contribution < 1.29 is 13.2 Å². The lowest BCUT2D eigenvalue weighted by molar-refractivity contribution is -0.117. The largest absolute Gasteiger partial charge is 0.311 e. The molecule has 1 unspecified atom stereocenters. The number of benzene rings is 1. The summed E-state index contributed by atoms with van der Waals surface area (Å²) < 4.78 is 23.6. The van der Waals surface area contributed by atoms with Crippen molar-refractivity contribution in [2.75, 3.05) is 11.4 Å². The highest BCUT2D eigenvalue weighted by Gasteiger charge is 2.38. The van der Waals surface area contributed by atoms with Crippen molar-refractivity contribution >= 4 is 47.3 Å². The predicted octanol–water partition coefficient (Wildman–Crippen LogP) is 2.74. The molecule has 4 nitrogen and oxygen atoms in total. The number of carbonyl (C=O) groups is 1. The molecule has 0 aromatic heterocycles. The third-order valence-corrected chi connectivity index (χ3v) is 6.34. The molecule has 19 heavy (non-hydrogen) atoms. The lowest BCUT2D eigenvalue weighted by Gasteiger charge is -2.18. The van der Waals surface area contributed by atoms with Crippen LogP contribution in [0.2, 0.25) is 0 Å². The van der Waals surface area contributed by atoms with Crippen molar-refractivity contribution in [2.24, 2.45) is 0 Å². The number of halogens is 2. The van der Waals surface area contributed by atoms with Crippen molar-refractivity contribution in [3.05, 3.63) is 27.7 Å². The van der Waals surface area contributed by atoms with E-state index < -0.39 is 14.3 Å². The summed E-state index contributed by atoms with van der Waals surface area (Å²) in [6, 6.07) is 3.72. The lowest BCUT2D eigenvalue weighted by Crippen LogP contribution is -2.26. The summed E-state index contributed by atoms with van der Waals surface area (Å²) in [7, 11) is 1.63. The molecule has 1 aliphatic rings. The van der Waals surface area contributed by atoms with Crippen LogP contribution in [-0.2, 0) is 13.8 Å². The zero-order valence-electron chi connectivity index (χ0n) is 10.5. The summed E-state index contributed by atoms with van der Waals surface area (Å²) in [5.41, 5.74) is 2.71. The number of nitrogens with zero attached hydrogens (tertiary/aromatic N) is 1. The van der Waals surface area contributed by atoms with Crippen LogP contribution in [0.5, 0.6) is 0 Å². The van der Waals surface area contributed by atoms with Gasteiger partial charge in [-0.05, 0) is 37.1 Å². The Morgan fingerprint density at radius 3 is 2.26 bits per heavy atom. The van der Waals surface area contributed by atoms with Crippen LogP contribution in [0.15, 0.2) is 16.6 Å². The van der Waals surface area contributed by atoms with Crippen LogP contribution in [0, 0.1) is 13.8 Å². The van der Waals surface area contributed by atoms with Gasteiger partial charge in [-0.3, -0.25) is 4.79 Å². The number of anilines is 1. The number of amides is 1. The van der Waals surface area contributed by atoms with Gasteiger partial charge in [0, 0.05) is 33.8 Å². The van der Waals surface area contributed by atoms with E-state index in [1.807, 2.05) is 26.0 Å². The Hall–Kier alpha value is -0.590. The Kier molecular flexibility index (Phi) is 3.95. The van der Waals surface area contributed by atoms with E-state index in [0.717, 1.165) is 15.6 Å². The molecule has 0 aliphatic carbocycles. The van der Waals surface area contributed by atoms with E-state index in [4.69, 9.17) is 10.7 Å². The molecule has 0 spiro atoms. The van der Waals surface area contributed by atoms with Crippen molar-refractivity contribution in [1.29, 1.82) is 0 Å². The summed E-state index contributed by atoms with van der Waals surface area (Å²) in [6.45, 7) is 3.97. The van der Waals surface area contributed by atoms with E-state index in [1.54, 1.807) is 0 Å². The van der Waals surface area contributed by atoms with Crippen LogP contribution in [0.25, 0.3) is 0 Å². The van der Waals surface area contributed by atoms with Gasteiger partial charge < -0.3 is 4.90 Å². The second kappa shape index (κ2) is 5.07. The fourth-order valence-electron chi connectivity index (χ4n) is 2.19. The van der Waals surface area contributed by atoms with E-state index in [-0.39, 0.29) is 18.9 Å². The highest BCUT2D eigenvalue weighted by Crippen LogP contribution is 2.31. The molecule has 7 heteroatoms. The molecule has 1 aromatic rings. The first-order chi connectivity index (χ1) is 8.70. The molecule has 0 saturated carbocycles. The number of rotatable bonds is 2. The first-order valence-electron chi connectivity index (χ1n) is 5.70. The molecule has 2 rings (SSSR count). The van der Waals surface area contributed by atoms with Gasteiger partial charge in [-0.2, -0.15) is 0 Å². The number of aryl methyl sites for hydroxylation is 2. The number of hydrogen-bond acceptors (Lipinski definition) is 3. The van der Waals surface area contributed by atoms with Crippen LogP contribution in [0.3, 0.4) is 0 Å². The summed E-state index contributed by atoms with van der Waals surface area (Å²) in [5.74, 6) is -0.213. The molecular weight excluding hydrogens is 354 g/mol. The average Bonchev–Trinajstić information content (AvgIpc) is 2.67. The van der Waals surface area contributed by atoms with Gasteiger partial charge in [-0.1, -0.05) is 15.9 Å². The minimum absolute atomic E-state index is 0.0556. The van der Waals surface area contributed by atoms with Gasteiger partial charge in [0.1, 0.15) is 5.25 Å². The van der Waals surface area contributed by atoms with Gasteiger partial charge in [-0.15, -0.1) is 0 Å². The maximum atomic E-state index is 11.9. The Morgan fingerprint density at radius 2 is 1.84 bits per heavy atom. The first-order valence-corrected chi connectivity index (χ1v) is 8.87. The van der Waals surface area contributed by atoms with E-state index >= 15 is 0 Å². The third kappa shape index (κ3) is 2.95. The molecule has 1 aliphatic heterocycles. The molecule has 1 aromatic carbocycles. The molecular formula is C12H13BrClNO3S. The van der Waals surface area contributed by atoms with Crippen LogP contribution in [0.1, 0.15) is 17.5 Å². The highest BCUT2D eigenvalue weighted by molar-refractivity contribution is 9.10. The second-order valence-corrected chi connectivity index (χ2v) is 8.40. The number of carbonyl (C=O) groups excluding carboxylic acids is 1. The van der Waals surface area contributed by atoms with E-state index in [1.165, 1.54) is 4.90 Å². The van der Waals surface area contributed by atoms with E-state index in [2.05, 4.69) is 15.9 Å². The van der Waals surface area contributed by atoms with Crippen molar-refractivity contribution in [3.8, 4) is 0 Å². The molecule has 1 amide bonds. The minimum atomic E-state index is -3.70. The van der Waals surface area contributed by atoms with E-state index in [9.17, 15) is 13.2 Å². The SMILES string of the molecule is Cc1cc(N2CC(S(=O)(=O)Cl)CC2=O)cc(C)c1Br. The zero-order chi connectivity index (χ0) is 14.4. The quantitative estimate of drug-likeness (QED) is 0.756. The molecule has 0 radical (unpaired) electrons. The predicted molar refractivity (Wildman–Crippen MR) is 79.1 cm³/mol. The average molecular weight is 367 g/mol. The summed E-state index contributed by atoms with van der Waals surface area (Å²) in [6.07, 6.45) is -0.0556. The molecule has 0 bridgehead atoms. The molecule has 0 N–H and O–H groups in total. The normalized spacial score (nSPS) is 20.1. The Morgan fingerprint density at radius 1 is 1.32 bits per heavy atom. The molecule has 1 fully saturated rings. The lowest BCUT2D eigenvalue weighted by atomic mass is 10.1. The van der Waals surface area contributed by atoms with Crippen LogP contribution < -0.4 is 4.90 Å². The molecule has 1 atom stereocenters. The van der Waals surface area contributed by atoms with Crippen LogP contribution in [-0.4, -0.2) is 26.1 Å². The first kappa shape index (κ1) is 14.8. The maximum Gasteiger partial charge on any atom is 0.237 e. The van der Waals surface area contributed by atoms with Gasteiger partial charge in [0.2, 0.25) is 15.0 Å². The van der Waals surface area contributed by atoms with Crippen molar-refractivity contribution in [3.63, 3.8) is 0 Å². The number of hydrogen-bond donors (Lipinski definition) is 0. The van der Waals surface area contributed by atoms with Gasteiger partial charge in [0.05, 0.1) is 0 Å². The maximum absolute atomic E-state index is 11.9. The second-order valence-electron chi connectivity index (χ2n) is 4.70. The van der Waals surface area contributed by atoms with E-state index in [0.29, 0.717) is 5.69 Å². The Bertz CT molecular complexity index is 621. The van der Waals surface area contributed by atoms with Gasteiger partial charge in [-0.25, -0.2) is 8.42 Å². The van der Waals surface area contributed by atoms with Gasteiger partial charge >= 0.3 is 0 Å². The van der Waals surface area contributed by atoms with Crippen molar-refractivity contribution in [1.82, 2.24) is 0 Å². The Labute approximate surface area is 125 Å². The monoisotopic (exact) mass is 365 g/mol. The highest BCUT2D eigenvalue weighted by atomic mass is 79.9. The molecule has 104 valence electrons. The summed E-state index contributed by atoms with van der Waals surface area (Å²) in [5, 5.41) is -0.828. The minimum Gasteiger partial charge on any atom is -0.311 e. The summed E-state index contributed by atoms with van der Waals surface area (Å²) >= 11 is 3.46. The zero-order valence-corrected chi connectivity index (χ0v) is 13.6. The van der Waals surface area contributed by atoms with Gasteiger partial charge in [0.15, 0.2) is 0 Å². The van der Waals surface area contributed by atoms with Crippen LogP contribution >= 0.6 is 26.6 Å². The third-order valence-electron chi connectivity index (χ3n) is 3.22. The van der Waals surface area contributed by atoms with Crippen molar-refractivity contribution in [2.45, 2.75) is 25.5 Å². The standard InChI is InChI=1S/C12H13BrClNO3S/c1-7-3-9(4-8(2)12(7)13)15-6-10(5-11(15)16)19(14,17)18/h3-4,10H,5-6H2,1-2H3. The molecule has 1 saturated heterocycles. The summed E-state index contributed by atoms with van der Waals surface area (Å²) in [4.78, 5) is 13.4. The Balaban J connectivity index is 2.36. The molecule has 1 heterocycles.